The van der Waals surface area contributed by atoms with E-state index >= 15 is 0 Å². The molecule has 1 aromatic heterocycles. The highest BCUT2D eigenvalue weighted by Crippen LogP contribution is 2.06. The molecule has 0 amide bonds. The van der Waals surface area contributed by atoms with Crippen molar-refractivity contribution in [1.29, 1.82) is 0 Å². The van der Waals surface area contributed by atoms with E-state index in [1.165, 1.54) is 11.5 Å². The first-order valence-corrected chi connectivity index (χ1v) is 2.87. The Balaban J connectivity index is 0.000000640. The van der Waals surface area contributed by atoms with E-state index < -0.39 is 0 Å². The summed E-state index contributed by atoms with van der Waals surface area (Å²) in [4.78, 5) is 3.90. The van der Waals surface area contributed by atoms with Crippen LogP contribution in [-0.4, -0.2) is 9.36 Å². The van der Waals surface area contributed by atoms with Crippen molar-refractivity contribution >= 4 is 29.1 Å². The fourth-order valence-electron chi connectivity index (χ4n) is 0.356. The topological polar surface area (TPSA) is 63.8 Å². The molecule has 0 aliphatic rings. The maximum Gasteiger partial charge on any atom is 0.216 e. The lowest BCUT2D eigenvalue weighted by Crippen LogP contribution is -2.05. The molecule has 0 unspecified atom stereocenters. The smallest absolute Gasteiger partial charge is 0.216 e. The molecular formula is C3H7ClN4S. The molecule has 0 saturated carbocycles. The van der Waals surface area contributed by atoms with Gasteiger partial charge in [-0.15, -0.1) is 12.4 Å². The van der Waals surface area contributed by atoms with Gasteiger partial charge in [0.15, 0.2) is 0 Å². The fourth-order valence-corrected chi connectivity index (χ4v) is 0.841. The first-order chi connectivity index (χ1) is 3.83. The Morgan fingerprint density at radius 3 is 2.56 bits per heavy atom. The Bertz CT molecular complexity index is 176. The van der Waals surface area contributed by atoms with Crippen LogP contribution in [-0.2, 0) is 0 Å². The number of hydrazine groups is 1. The molecule has 3 N–H and O–H groups in total. The molecule has 0 spiro atoms. The average Bonchev–Trinajstić information content (AvgIpc) is 2.14. The van der Waals surface area contributed by atoms with Crippen molar-refractivity contribution in [1.82, 2.24) is 9.36 Å². The quantitative estimate of drug-likeness (QED) is 0.473. The number of nitrogens with one attached hydrogen (secondary N) is 1. The lowest BCUT2D eigenvalue weighted by Gasteiger charge is -1.83. The van der Waals surface area contributed by atoms with Crippen molar-refractivity contribution in [3.8, 4) is 0 Å². The summed E-state index contributed by atoms with van der Waals surface area (Å²) in [6.45, 7) is 1.82. The second-order valence-electron chi connectivity index (χ2n) is 1.29. The number of nitrogens with zero attached hydrogens (tertiary/aromatic N) is 2. The first kappa shape index (κ1) is 8.61. The van der Waals surface area contributed by atoms with Gasteiger partial charge < -0.3 is 0 Å². The van der Waals surface area contributed by atoms with Gasteiger partial charge in [-0.1, -0.05) is 0 Å². The number of hydrogen-bond acceptors (Lipinski definition) is 5. The Labute approximate surface area is 63.0 Å². The van der Waals surface area contributed by atoms with E-state index in [0.717, 1.165) is 5.82 Å². The number of hydrogen-bond donors (Lipinski definition) is 2. The van der Waals surface area contributed by atoms with E-state index in [-0.39, 0.29) is 12.4 Å². The van der Waals surface area contributed by atoms with Gasteiger partial charge in [-0.2, -0.15) is 4.37 Å². The van der Waals surface area contributed by atoms with E-state index in [9.17, 15) is 0 Å². The summed E-state index contributed by atoms with van der Waals surface area (Å²) in [6, 6.07) is 0. The van der Waals surface area contributed by atoms with Crippen LogP contribution in [0.5, 0.6) is 0 Å². The molecule has 9 heavy (non-hydrogen) atoms. The predicted molar refractivity (Wildman–Crippen MR) is 39.7 cm³/mol. The van der Waals surface area contributed by atoms with Crippen LogP contribution in [0, 0.1) is 6.92 Å². The Morgan fingerprint density at radius 1 is 1.67 bits per heavy atom. The molecule has 0 radical (unpaired) electrons. The van der Waals surface area contributed by atoms with Gasteiger partial charge in [0.2, 0.25) is 5.13 Å². The van der Waals surface area contributed by atoms with Crippen molar-refractivity contribution in [3.63, 3.8) is 0 Å². The molecule has 0 bridgehead atoms. The minimum absolute atomic E-state index is 0. The summed E-state index contributed by atoms with van der Waals surface area (Å²) in [5.41, 5.74) is 2.39. The number of aryl methyl sites for hydroxylation is 1. The van der Waals surface area contributed by atoms with Crippen LogP contribution in [0.1, 0.15) is 5.82 Å². The van der Waals surface area contributed by atoms with Crippen molar-refractivity contribution < 1.29 is 0 Å². The SMILES string of the molecule is Cc1nsc(NN)n1.Cl. The van der Waals surface area contributed by atoms with Gasteiger partial charge in [0.25, 0.3) is 0 Å². The van der Waals surface area contributed by atoms with Crippen LogP contribution >= 0.6 is 23.9 Å². The van der Waals surface area contributed by atoms with Crippen LogP contribution < -0.4 is 11.3 Å². The van der Waals surface area contributed by atoms with E-state index in [1.807, 2.05) is 6.92 Å². The molecule has 52 valence electrons. The second kappa shape index (κ2) is 3.60. The average molecular weight is 167 g/mol. The van der Waals surface area contributed by atoms with Crippen LogP contribution in [0.15, 0.2) is 0 Å². The highest BCUT2D eigenvalue weighted by Gasteiger charge is 1.92. The summed E-state index contributed by atoms with van der Waals surface area (Å²) in [5.74, 6) is 5.77. The van der Waals surface area contributed by atoms with Gasteiger partial charge in [-0.3, -0.25) is 5.43 Å². The molecule has 1 aromatic rings. The lowest BCUT2D eigenvalue weighted by molar-refractivity contribution is 1.15. The molecule has 0 aliphatic carbocycles. The number of halogens is 1. The standard InChI is InChI=1S/C3H6N4S.ClH/c1-2-5-3(6-4)8-7-2;/h4H2,1H3,(H,5,6,7);1H. The highest BCUT2D eigenvalue weighted by atomic mass is 35.5. The van der Waals surface area contributed by atoms with Crippen molar-refractivity contribution in [2.75, 3.05) is 5.43 Å². The van der Waals surface area contributed by atoms with Crippen LogP contribution in [0.2, 0.25) is 0 Å². The van der Waals surface area contributed by atoms with Crippen molar-refractivity contribution in [3.05, 3.63) is 5.82 Å². The highest BCUT2D eigenvalue weighted by molar-refractivity contribution is 7.09. The number of rotatable bonds is 1. The summed E-state index contributed by atoms with van der Waals surface area (Å²) >= 11 is 1.25. The number of aromatic nitrogens is 2. The predicted octanol–water partition coefficient (Wildman–Crippen LogP) is 0.554. The van der Waals surface area contributed by atoms with E-state index in [4.69, 9.17) is 5.84 Å². The molecular weight excluding hydrogens is 160 g/mol. The van der Waals surface area contributed by atoms with Gasteiger partial charge in [0, 0.05) is 11.5 Å². The van der Waals surface area contributed by atoms with Gasteiger partial charge in [0.05, 0.1) is 0 Å². The first-order valence-electron chi connectivity index (χ1n) is 2.10. The van der Waals surface area contributed by atoms with Gasteiger partial charge in [-0.05, 0) is 6.92 Å². The van der Waals surface area contributed by atoms with Crippen LogP contribution in [0.3, 0.4) is 0 Å². The van der Waals surface area contributed by atoms with Gasteiger partial charge in [0.1, 0.15) is 5.82 Å². The zero-order valence-corrected chi connectivity index (χ0v) is 6.42. The summed E-state index contributed by atoms with van der Waals surface area (Å²) < 4.78 is 3.88. The Morgan fingerprint density at radius 2 is 2.33 bits per heavy atom. The molecule has 0 saturated heterocycles. The summed E-state index contributed by atoms with van der Waals surface area (Å²) in [5, 5.41) is 0.655. The third-order valence-corrected chi connectivity index (χ3v) is 1.39. The molecule has 0 aromatic carbocycles. The lowest BCUT2D eigenvalue weighted by atomic mass is 10.8. The zero-order valence-electron chi connectivity index (χ0n) is 4.79. The molecule has 0 fully saturated rings. The molecule has 4 nitrogen and oxygen atoms in total. The van der Waals surface area contributed by atoms with E-state index in [0.29, 0.717) is 5.13 Å². The van der Waals surface area contributed by atoms with Crippen molar-refractivity contribution in [2.24, 2.45) is 5.84 Å². The van der Waals surface area contributed by atoms with E-state index in [2.05, 4.69) is 14.8 Å². The maximum absolute atomic E-state index is 5.02. The zero-order chi connectivity index (χ0) is 5.98. The molecule has 6 heteroatoms. The Kier molecular flexibility index (Phi) is 3.44. The monoisotopic (exact) mass is 166 g/mol. The number of nitrogen functional groups attached to an aromatic ring is 1. The second-order valence-corrected chi connectivity index (χ2v) is 2.04. The number of nitrogens with two attached hydrogens (primary N) is 1. The molecule has 1 rings (SSSR count). The third-order valence-electron chi connectivity index (χ3n) is 0.651. The van der Waals surface area contributed by atoms with E-state index in [1.54, 1.807) is 0 Å². The fraction of sp³-hybridized carbons (Fsp3) is 0.333. The van der Waals surface area contributed by atoms with Gasteiger partial charge >= 0.3 is 0 Å². The van der Waals surface area contributed by atoms with Gasteiger partial charge in [-0.25, -0.2) is 10.8 Å². The minimum Gasteiger partial charge on any atom is -0.299 e. The van der Waals surface area contributed by atoms with Crippen LogP contribution in [0.4, 0.5) is 5.13 Å². The normalized spacial score (nSPS) is 8.22. The number of anilines is 1. The Hall–Kier alpha value is -0.390. The summed E-state index contributed by atoms with van der Waals surface area (Å²) in [7, 11) is 0. The molecule has 0 aliphatic heterocycles. The van der Waals surface area contributed by atoms with Crippen molar-refractivity contribution in [2.45, 2.75) is 6.92 Å². The third kappa shape index (κ3) is 2.13. The maximum atomic E-state index is 5.02. The summed E-state index contributed by atoms with van der Waals surface area (Å²) in [6.07, 6.45) is 0. The van der Waals surface area contributed by atoms with Crippen LogP contribution in [0.25, 0.3) is 0 Å². The largest absolute Gasteiger partial charge is 0.299 e. The molecule has 1 heterocycles. The minimum atomic E-state index is 0. The molecule has 0 atom stereocenters.